The van der Waals surface area contributed by atoms with Crippen molar-refractivity contribution in [3.8, 4) is 0 Å². The Morgan fingerprint density at radius 1 is 0.655 bits per heavy atom. The summed E-state index contributed by atoms with van der Waals surface area (Å²) < 4.78 is 2.16. The maximum atomic E-state index is 4.82. The van der Waals surface area contributed by atoms with Crippen molar-refractivity contribution in [2.45, 2.75) is 27.7 Å². The summed E-state index contributed by atoms with van der Waals surface area (Å²) in [4.78, 5) is 9.63. The molecule has 0 saturated heterocycles. The fourth-order valence-electron chi connectivity index (χ4n) is 3.09. The molecule has 29 heavy (non-hydrogen) atoms. The Morgan fingerprint density at radius 2 is 1.00 bits per heavy atom. The third-order valence-electron chi connectivity index (χ3n) is 4.67. The van der Waals surface area contributed by atoms with Crippen molar-refractivity contribution in [2.75, 3.05) is 0 Å². The zero-order valence-electron chi connectivity index (χ0n) is 18.5. The van der Waals surface area contributed by atoms with E-state index in [-0.39, 0.29) is 31.9 Å². The molecule has 1 heterocycles. The second-order valence-electron chi connectivity index (χ2n) is 6.63. The first-order chi connectivity index (χ1) is 12.5. The predicted molar refractivity (Wildman–Crippen MR) is 124 cm³/mol. The first-order valence-corrected chi connectivity index (χ1v) is 8.85. The molecule has 0 aliphatic heterocycles. The number of rotatable bonds is 4. The maximum Gasteiger partial charge on any atom is 2.00 e. The van der Waals surface area contributed by atoms with Crippen LogP contribution in [-0.2, 0) is 24.1 Å². The van der Waals surface area contributed by atoms with Crippen LogP contribution in [0, 0.1) is 28.7 Å². The molecule has 2 aromatic carbocycles. The number of aliphatic imine (C=N–C) groups is 2. The van der Waals surface area contributed by atoms with E-state index in [0.29, 0.717) is 0 Å². The van der Waals surface area contributed by atoms with E-state index in [2.05, 4.69) is 63.6 Å². The average molecular weight is 429 g/mol. The van der Waals surface area contributed by atoms with E-state index in [0.717, 1.165) is 34.2 Å². The second-order valence-corrected chi connectivity index (χ2v) is 6.63. The van der Waals surface area contributed by atoms with E-state index in [9.17, 15) is 0 Å². The molecular formula is C25H31FeN3. The van der Waals surface area contributed by atoms with E-state index in [1.807, 2.05) is 36.4 Å². The number of aromatic nitrogens is 1. The summed E-state index contributed by atoms with van der Waals surface area (Å²) >= 11 is 0. The molecule has 0 aliphatic rings. The van der Waals surface area contributed by atoms with E-state index in [1.54, 1.807) is 0 Å². The normalized spacial score (nSPS) is 11.2. The molecule has 0 atom stereocenters. The average Bonchev–Trinajstić information content (AvgIpc) is 3.00. The van der Waals surface area contributed by atoms with Gasteiger partial charge in [0.1, 0.15) is 0 Å². The molecule has 0 aliphatic carbocycles. The summed E-state index contributed by atoms with van der Waals surface area (Å²) in [5.41, 5.74) is 8.58. The fourth-order valence-corrected chi connectivity index (χ4v) is 3.09. The summed E-state index contributed by atoms with van der Waals surface area (Å²) in [6.07, 6.45) is 0. The van der Waals surface area contributed by atoms with Gasteiger partial charge in [-0.1, -0.05) is 36.4 Å². The molecule has 3 aromatic rings. The summed E-state index contributed by atoms with van der Waals surface area (Å²) in [5.74, 6) is 0. The standard InChI is InChI=1S/C23H25N3.2CH3.Fe/c1-16-10-6-8-12-20(16)24-18(3)22-14-15-23(26(22)5)19(4)25-21-13-9-7-11-17(21)2;;;/h6-15H,1-5H3;2*1H3;/q;2*-1;+2. The Hall–Kier alpha value is -2.42. The topological polar surface area (TPSA) is 29.6 Å². The number of aryl methyl sites for hydroxylation is 2. The first kappa shape index (κ1) is 26.6. The number of benzene rings is 2. The van der Waals surface area contributed by atoms with Gasteiger partial charge in [0, 0.05) is 7.05 Å². The minimum Gasteiger partial charge on any atom is -0.358 e. The van der Waals surface area contributed by atoms with Crippen LogP contribution in [0.2, 0.25) is 0 Å². The van der Waals surface area contributed by atoms with Gasteiger partial charge >= 0.3 is 17.1 Å². The van der Waals surface area contributed by atoms with Gasteiger partial charge in [-0.25, -0.2) is 0 Å². The summed E-state index contributed by atoms with van der Waals surface area (Å²) in [6, 6.07) is 20.6. The van der Waals surface area contributed by atoms with Gasteiger partial charge in [0.2, 0.25) is 0 Å². The van der Waals surface area contributed by atoms with Crippen LogP contribution < -0.4 is 0 Å². The number of hydrogen-bond donors (Lipinski definition) is 0. The van der Waals surface area contributed by atoms with Gasteiger partial charge in [-0.3, -0.25) is 9.98 Å². The molecule has 3 rings (SSSR count). The minimum atomic E-state index is 0. The number of hydrogen-bond acceptors (Lipinski definition) is 2. The van der Waals surface area contributed by atoms with Gasteiger partial charge in [0.05, 0.1) is 34.2 Å². The summed E-state index contributed by atoms with van der Waals surface area (Å²) in [7, 11) is 2.07. The van der Waals surface area contributed by atoms with Crippen LogP contribution in [0.3, 0.4) is 0 Å². The molecule has 154 valence electrons. The minimum absolute atomic E-state index is 0. The van der Waals surface area contributed by atoms with Crippen molar-refractivity contribution in [3.05, 3.63) is 98.0 Å². The Bertz CT molecular complexity index is 918. The van der Waals surface area contributed by atoms with Gasteiger partial charge in [0.15, 0.2) is 0 Å². The van der Waals surface area contributed by atoms with Crippen LogP contribution in [0.1, 0.15) is 36.4 Å². The van der Waals surface area contributed by atoms with Gasteiger partial charge in [0.25, 0.3) is 0 Å². The monoisotopic (exact) mass is 429 g/mol. The third kappa shape index (κ3) is 6.03. The van der Waals surface area contributed by atoms with Crippen LogP contribution in [0.5, 0.6) is 0 Å². The molecule has 0 amide bonds. The zero-order valence-corrected chi connectivity index (χ0v) is 19.6. The first-order valence-electron chi connectivity index (χ1n) is 8.85. The van der Waals surface area contributed by atoms with Crippen molar-refractivity contribution >= 4 is 22.8 Å². The van der Waals surface area contributed by atoms with Crippen molar-refractivity contribution in [3.63, 3.8) is 0 Å². The van der Waals surface area contributed by atoms with Crippen molar-refractivity contribution < 1.29 is 17.1 Å². The van der Waals surface area contributed by atoms with Crippen LogP contribution in [0.25, 0.3) is 0 Å². The molecule has 0 saturated carbocycles. The predicted octanol–water partition coefficient (Wildman–Crippen LogP) is 6.82. The third-order valence-corrected chi connectivity index (χ3v) is 4.67. The van der Waals surface area contributed by atoms with Crippen LogP contribution in [0.4, 0.5) is 11.4 Å². The van der Waals surface area contributed by atoms with E-state index in [4.69, 9.17) is 9.98 Å². The Balaban J connectivity index is 0.00000261. The second kappa shape index (κ2) is 11.5. The van der Waals surface area contributed by atoms with Crippen LogP contribution in [0.15, 0.2) is 70.6 Å². The van der Waals surface area contributed by atoms with Gasteiger partial charge < -0.3 is 19.4 Å². The van der Waals surface area contributed by atoms with Crippen molar-refractivity contribution in [1.82, 2.24) is 4.57 Å². The van der Waals surface area contributed by atoms with Crippen LogP contribution >= 0.6 is 0 Å². The van der Waals surface area contributed by atoms with Gasteiger partial charge in [-0.15, -0.1) is 0 Å². The fraction of sp³-hybridized carbons (Fsp3) is 0.200. The Morgan fingerprint density at radius 3 is 1.34 bits per heavy atom. The molecule has 0 bridgehead atoms. The number of para-hydroxylation sites is 2. The quantitative estimate of drug-likeness (QED) is 0.247. The molecule has 1 aromatic heterocycles. The zero-order chi connectivity index (χ0) is 18.7. The summed E-state index contributed by atoms with van der Waals surface area (Å²) in [6.45, 7) is 8.28. The van der Waals surface area contributed by atoms with E-state index >= 15 is 0 Å². The molecule has 0 N–H and O–H groups in total. The van der Waals surface area contributed by atoms with Crippen molar-refractivity contribution in [2.24, 2.45) is 17.0 Å². The Labute approximate surface area is 187 Å². The van der Waals surface area contributed by atoms with Crippen LogP contribution in [-0.4, -0.2) is 16.0 Å². The van der Waals surface area contributed by atoms with Crippen molar-refractivity contribution in [1.29, 1.82) is 0 Å². The molecular weight excluding hydrogens is 398 g/mol. The smallest absolute Gasteiger partial charge is 0.358 e. The molecule has 0 unspecified atom stereocenters. The maximum absolute atomic E-state index is 4.82. The largest absolute Gasteiger partial charge is 2.00 e. The number of nitrogens with zero attached hydrogens (tertiary/aromatic N) is 3. The molecule has 0 spiro atoms. The molecule has 0 fully saturated rings. The van der Waals surface area contributed by atoms with Gasteiger partial charge in [-0.05, 0) is 63.1 Å². The van der Waals surface area contributed by atoms with E-state index < -0.39 is 0 Å². The van der Waals surface area contributed by atoms with E-state index in [1.165, 1.54) is 11.1 Å². The van der Waals surface area contributed by atoms with Gasteiger partial charge in [-0.2, -0.15) is 0 Å². The molecule has 0 radical (unpaired) electrons. The summed E-state index contributed by atoms with van der Waals surface area (Å²) in [5, 5.41) is 0. The molecule has 4 heteroatoms. The Kier molecular flexibility index (Phi) is 10.6. The SMILES string of the molecule is CC(=Nc1ccccc1C)c1ccc(C(C)=Nc2ccccc2C)n1C.[CH3-].[CH3-].[Fe+2]. The molecule has 3 nitrogen and oxygen atoms in total.